The molecule has 0 aromatic heterocycles. The summed E-state index contributed by atoms with van der Waals surface area (Å²) in [6, 6.07) is 0. The summed E-state index contributed by atoms with van der Waals surface area (Å²) >= 11 is 0. The van der Waals surface area contributed by atoms with Crippen LogP contribution in [0.15, 0.2) is 58.7 Å². The van der Waals surface area contributed by atoms with Crippen LogP contribution in [0.3, 0.4) is 0 Å². The van der Waals surface area contributed by atoms with Crippen LogP contribution in [0.2, 0.25) is 0 Å². The molecule has 1 heteroatoms. The zero-order valence-corrected chi connectivity index (χ0v) is 19.0. The molecule has 1 fully saturated rings. The summed E-state index contributed by atoms with van der Waals surface area (Å²) < 4.78 is 5.86. The standard InChI is InChI=1S/C27H42O/c1-22(16-17-26-24(3)13-10-19-27(26,4)5)11-9-12-23(2)18-20-28-21-25-14-7-6-8-15-25/h9,11-12,16-18,25H,6-8,10,13-15,19-21H2,1-5H3/b12-9+,17-16+,22-11+,23-18+. The van der Waals surface area contributed by atoms with Crippen molar-refractivity contribution in [3.63, 3.8) is 0 Å². The average Bonchev–Trinajstić information content (AvgIpc) is 2.65. The molecule has 0 bridgehead atoms. The molecule has 0 spiro atoms. The van der Waals surface area contributed by atoms with Gasteiger partial charge < -0.3 is 4.74 Å². The summed E-state index contributed by atoms with van der Waals surface area (Å²) in [4.78, 5) is 0. The van der Waals surface area contributed by atoms with Gasteiger partial charge in [0.05, 0.1) is 6.61 Å². The van der Waals surface area contributed by atoms with Gasteiger partial charge in [-0.15, -0.1) is 0 Å². The summed E-state index contributed by atoms with van der Waals surface area (Å²) in [5.74, 6) is 0.795. The van der Waals surface area contributed by atoms with Crippen molar-refractivity contribution in [2.75, 3.05) is 13.2 Å². The minimum Gasteiger partial charge on any atom is -0.377 e. The lowest BCUT2D eigenvalue weighted by Gasteiger charge is -2.32. The van der Waals surface area contributed by atoms with Crippen molar-refractivity contribution in [3.8, 4) is 0 Å². The van der Waals surface area contributed by atoms with Crippen LogP contribution in [0.4, 0.5) is 0 Å². The summed E-state index contributed by atoms with van der Waals surface area (Å²) in [6.45, 7) is 13.0. The normalized spacial score (nSPS) is 22.6. The van der Waals surface area contributed by atoms with Crippen LogP contribution in [0.5, 0.6) is 0 Å². The minimum atomic E-state index is 0.311. The van der Waals surface area contributed by atoms with Crippen molar-refractivity contribution in [2.45, 2.75) is 86.0 Å². The first kappa shape index (κ1) is 22.9. The van der Waals surface area contributed by atoms with E-state index in [0.717, 1.165) is 19.1 Å². The van der Waals surface area contributed by atoms with E-state index in [1.54, 1.807) is 5.57 Å². The fraction of sp³-hybridized carbons (Fsp3) is 0.630. The van der Waals surface area contributed by atoms with Crippen molar-refractivity contribution >= 4 is 0 Å². The largest absolute Gasteiger partial charge is 0.377 e. The van der Waals surface area contributed by atoms with E-state index < -0.39 is 0 Å². The second-order valence-electron chi connectivity index (χ2n) is 9.52. The van der Waals surface area contributed by atoms with Gasteiger partial charge in [-0.1, -0.05) is 86.3 Å². The Morgan fingerprint density at radius 2 is 1.79 bits per heavy atom. The van der Waals surface area contributed by atoms with E-state index in [2.05, 4.69) is 71.1 Å². The predicted octanol–water partition coefficient (Wildman–Crippen LogP) is 8.11. The molecule has 0 aromatic rings. The molecule has 0 aromatic carbocycles. The van der Waals surface area contributed by atoms with E-state index in [1.807, 2.05) is 0 Å². The molecule has 0 radical (unpaired) electrons. The molecule has 0 heterocycles. The van der Waals surface area contributed by atoms with Gasteiger partial charge in [-0.3, -0.25) is 0 Å². The fourth-order valence-corrected chi connectivity index (χ4v) is 4.48. The zero-order valence-electron chi connectivity index (χ0n) is 19.0. The first-order valence-corrected chi connectivity index (χ1v) is 11.4. The molecular formula is C27H42O. The van der Waals surface area contributed by atoms with E-state index in [9.17, 15) is 0 Å². The monoisotopic (exact) mass is 382 g/mol. The third-order valence-electron chi connectivity index (χ3n) is 6.38. The molecule has 2 aliphatic rings. The molecule has 0 aliphatic heterocycles. The molecule has 2 rings (SSSR count). The van der Waals surface area contributed by atoms with Gasteiger partial charge in [0.2, 0.25) is 0 Å². The Kier molecular flexibility index (Phi) is 9.51. The lowest BCUT2D eigenvalue weighted by atomic mass is 9.72. The van der Waals surface area contributed by atoms with Crippen LogP contribution < -0.4 is 0 Å². The van der Waals surface area contributed by atoms with Crippen molar-refractivity contribution in [1.82, 2.24) is 0 Å². The maximum Gasteiger partial charge on any atom is 0.0653 e. The maximum atomic E-state index is 5.86. The highest BCUT2D eigenvalue weighted by molar-refractivity contribution is 5.37. The van der Waals surface area contributed by atoms with Crippen LogP contribution >= 0.6 is 0 Å². The van der Waals surface area contributed by atoms with Crippen molar-refractivity contribution < 1.29 is 4.74 Å². The summed E-state index contributed by atoms with van der Waals surface area (Å²) in [6.07, 6.45) is 24.1. The SMILES string of the molecule is CC1=C(/C=C/C(C)=C/C=C/C(C)=C/COCC2CCCCC2)C(C)(C)CCC1. The van der Waals surface area contributed by atoms with Gasteiger partial charge in [-0.25, -0.2) is 0 Å². The molecule has 1 nitrogen and oxygen atoms in total. The molecule has 0 unspecified atom stereocenters. The molecule has 28 heavy (non-hydrogen) atoms. The first-order chi connectivity index (χ1) is 13.4. The third kappa shape index (κ3) is 7.95. The highest BCUT2D eigenvalue weighted by atomic mass is 16.5. The van der Waals surface area contributed by atoms with Crippen molar-refractivity contribution in [3.05, 3.63) is 58.7 Å². The first-order valence-electron chi connectivity index (χ1n) is 11.4. The van der Waals surface area contributed by atoms with Gasteiger partial charge in [0, 0.05) is 6.61 Å². The average molecular weight is 383 g/mol. The second-order valence-corrected chi connectivity index (χ2v) is 9.52. The highest BCUT2D eigenvalue weighted by Crippen LogP contribution is 2.40. The maximum absolute atomic E-state index is 5.86. The molecule has 0 N–H and O–H groups in total. The van der Waals surface area contributed by atoms with Crippen LogP contribution in [-0.2, 0) is 4.74 Å². The molecule has 0 atom stereocenters. The van der Waals surface area contributed by atoms with Gasteiger partial charge in [0.15, 0.2) is 0 Å². The van der Waals surface area contributed by atoms with Gasteiger partial charge in [-0.2, -0.15) is 0 Å². The van der Waals surface area contributed by atoms with E-state index in [0.29, 0.717) is 5.41 Å². The summed E-state index contributed by atoms with van der Waals surface area (Å²) in [5, 5.41) is 0. The van der Waals surface area contributed by atoms with E-state index in [-0.39, 0.29) is 0 Å². The van der Waals surface area contributed by atoms with E-state index in [1.165, 1.54) is 68.1 Å². The highest BCUT2D eigenvalue weighted by Gasteiger charge is 2.26. The van der Waals surface area contributed by atoms with Crippen molar-refractivity contribution in [1.29, 1.82) is 0 Å². The topological polar surface area (TPSA) is 9.23 Å². The number of hydrogen-bond acceptors (Lipinski definition) is 1. The van der Waals surface area contributed by atoms with E-state index in [4.69, 9.17) is 4.74 Å². The predicted molar refractivity (Wildman–Crippen MR) is 124 cm³/mol. The van der Waals surface area contributed by atoms with E-state index >= 15 is 0 Å². The van der Waals surface area contributed by atoms with Crippen LogP contribution in [0.1, 0.15) is 86.0 Å². The number of allylic oxidation sites excluding steroid dienone is 9. The third-order valence-corrected chi connectivity index (χ3v) is 6.38. The van der Waals surface area contributed by atoms with Crippen LogP contribution in [0, 0.1) is 11.3 Å². The van der Waals surface area contributed by atoms with Gasteiger partial charge in [0.1, 0.15) is 0 Å². The number of ether oxygens (including phenoxy) is 1. The number of rotatable bonds is 8. The Morgan fingerprint density at radius 3 is 2.50 bits per heavy atom. The minimum absolute atomic E-state index is 0.311. The fourth-order valence-electron chi connectivity index (χ4n) is 4.48. The number of hydrogen-bond donors (Lipinski definition) is 0. The Labute approximate surface area is 174 Å². The summed E-state index contributed by atoms with van der Waals surface area (Å²) in [7, 11) is 0. The van der Waals surface area contributed by atoms with Crippen LogP contribution in [-0.4, -0.2) is 13.2 Å². The second kappa shape index (κ2) is 11.6. The molecule has 2 aliphatic carbocycles. The van der Waals surface area contributed by atoms with Gasteiger partial charge in [-0.05, 0) is 69.8 Å². The molecule has 0 saturated heterocycles. The van der Waals surface area contributed by atoms with Crippen molar-refractivity contribution in [2.24, 2.45) is 11.3 Å². The molecular weight excluding hydrogens is 340 g/mol. The lowest BCUT2D eigenvalue weighted by Crippen LogP contribution is -2.19. The van der Waals surface area contributed by atoms with Gasteiger partial charge in [0.25, 0.3) is 0 Å². The zero-order chi connectivity index (χ0) is 20.4. The Bertz CT molecular complexity index is 633. The Hall–Kier alpha value is -1.34. The van der Waals surface area contributed by atoms with Gasteiger partial charge >= 0.3 is 0 Å². The smallest absolute Gasteiger partial charge is 0.0653 e. The Morgan fingerprint density at radius 1 is 1.04 bits per heavy atom. The molecule has 1 saturated carbocycles. The molecule has 156 valence electrons. The molecule has 0 amide bonds. The quantitative estimate of drug-likeness (QED) is 0.304. The van der Waals surface area contributed by atoms with Crippen LogP contribution in [0.25, 0.3) is 0 Å². The Balaban J connectivity index is 1.78. The lowest BCUT2D eigenvalue weighted by molar-refractivity contribution is 0.105. The summed E-state index contributed by atoms with van der Waals surface area (Å²) in [5.41, 5.74) is 5.96.